The van der Waals surface area contributed by atoms with Crippen molar-refractivity contribution in [3.63, 3.8) is 0 Å². The van der Waals surface area contributed by atoms with Crippen LogP contribution in [0.15, 0.2) is 0 Å². The van der Waals surface area contributed by atoms with Crippen molar-refractivity contribution in [2.45, 2.75) is 51.0 Å². The average molecular weight is 304 g/mol. The fourth-order valence-electron chi connectivity index (χ4n) is 2.80. The van der Waals surface area contributed by atoms with Crippen LogP contribution in [0, 0.1) is 5.41 Å². The molecule has 1 spiro atoms. The lowest BCUT2D eigenvalue weighted by molar-refractivity contribution is -0.145. The van der Waals surface area contributed by atoms with E-state index in [1.165, 1.54) is 12.8 Å². The number of amides is 2. The number of esters is 1. The first-order chi connectivity index (χ1) is 9.75. The maximum atomic E-state index is 13.1. The van der Waals surface area contributed by atoms with E-state index >= 15 is 0 Å². The van der Waals surface area contributed by atoms with Crippen molar-refractivity contribution in [1.29, 1.82) is 0 Å². The Morgan fingerprint density at radius 1 is 1.29 bits per heavy atom. The van der Waals surface area contributed by atoms with Crippen LogP contribution in [0.3, 0.4) is 0 Å². The first kappa shape index (κ1) is 16.0. The average Bonchev–Trinajstić information content (AvgIpc) is 3.15. The van der Waals surface area contributed by atoms with Crippen molar-refractivity contribution in [2.75, 3.05) is 20.2 Å². The van der Waals surface area contributed by atoms with Gasteiger partial charge >= 0.3 is 12.0 Å². The van der Waals surface area contributed by atoms with E-state index in [-0.39, 0.29) is 0 Å². The van der Waals surface area contributed by atoms with Gasteiger partial charge in [-0.2, -0.15) is 0 Å². The van der Waals surface area contributed by atoms with Gasteiger partial charge in [0.2, 0.25) is 5.92 Å². The maximum Gasteiger partial charge on any atom is 0.328 e. The van der Waals surface area contributed by atoms with Crippen molar-refractivity contribution >= 4 is 12.0 Å². The number of ether oxygens (including phenoxy) is 1. The van der Waals surface area contributed by atoms with Gasteiger partial charge in [0.1, 0.15) is 6.04 Å². The van der Waals surface area contributed by atoms with Crippen molar-refractivity contribution in [2.24, 2.45) is 5.41 Å². The lowest BCUT2D eigenvalue weighted by atomic mass is 9.94. The van der Waals surface area contributed by atoms with Gasteiger partial charge in [0.05, 0.1) is 7.11 Å². The minimum absolute atomic E-state index is 0.426. The minimum atomic E-state index is -3.05. The molecule has 5 nitrogen and oxygen atoms in total. The molecule has 2 aliphatic rings. The molecule has 7 heteroatoms. The summed E-state index contributed by atoms with van der Waals surface area (Å²) in [6.45, 7) is 1.94. The van der Waals surface area contributed by atoms with Gasteiger partial charge in [-0.15, -0.1) is 0 Å². The summed E-state index contributed by atoms with van der Waals surface area (Å²) >= 11 is 0. The highest BCUT2D eigenvalue weighted by Gasteiger charge is 2.45. The molecular formula is C14H22F2N2O3. The van der Waals surface area contributed by atoms with Gasteiger partial charge in [0.15, 0.2) is 0 Å². The van der Waals surface area contributed by atoms with Gasteiger partial charge in [-0.1, -0.05) is 0 Å². The van der Waals surface area contributed by atoms with Gasteiger partial charge in [-0.25, -0.2) is 18.4 Å². The van der Waals surface area contributed by atoms with Gasteiger partial charge in [0.25, 0.3) is 0 Å². The third kappa shape index (κ3) is 4.28. The molecule has 2 fully saturated rings. The van der Waals surface area contributed by atoms with Gasteiger partial charge in [-0.05, 0) is 38.0 Å². The van der Waals surface area contributed by atoms with Crippen LogP contribution in [0.4, 0.5) is 13.6 Å². The standard InChI is InChI=1S/C14H22F2N2O3/c1-13(15,16)9-10(11(19)21-2)17-12(20)18-7-5-14(3-4-14)6-8-18/h10H,3-9H2,1-2H3,(H,17,20). The van der Waals surface area contributed by atoms with Crippen LogP contribution >= 0.6 is 0 Å². The Bertz CT molecular complexity index is 409. The van der Waals surface area contributed by atoms with Crippen LogP contribution in [0.5, 0.6) is 0 Å². The van der Waals surface area contributed by atoms with E-state index in [9.17, 15) is 18.4 Å². The predicted molar refractivity (Wildman–Crippen MR) is 72.0 cm³/mol. The number of nitrogens with one attached hydrogen (secondary N) is 1. The zero-order chi connectivity index (χ0) is 15.7. The van der Waals surface area contributed by atoms with E-state index in [4.69, 9.17) is 0 Å². The first-order valence-electron chi connectivity index (χ1n) is 7.26. The molecule has 0 aromatic heterocycles. The highest BCUT2D eigenvalue weighted by molar-refractivity contribution is 5.83. The predicted octanol–water partition coefficient (Wildman–Crippen LogP) is 2.16. The molecule has 0 aromatic rings. The third-order valence-corrected chi connectivity index (χ3v) is 4.41. The number of alkyl halides is 2. The summed E-state index contributed by atoms with van der Waals surface area (Å²) in [6, 6.07) is -1.79. The number of likely N-dealkylation sites (tertiary alicyclic amines) is 1. The molecular weight excluding hydrogens is 282 g/mol. The Labute approximate surface area is 123 Å². The van der Waals surface area contributed by atoms with Gasteiger partial charge in [0, 0.05) is 19.5 Å². The molecule has 1 heterocycles. The molecule has 1 saturated carbocycles. The number of methoxy groups -OCH3 is 1. The SMILES string of the molecule is COC(=O)C(CC(C)(F)F)NC(=O)N1CCC2(CC1)CC2. The Hall–Kier alpha value is -1.40. The maximum absolute atomic E-state index is 13.1. The molecule has 1 aliphatic carbocycles. The number of piperidine rings is 1. The molecule has 1 aliphatic heterocycles. The van der Waals surface area contributed by atoms with Gasteiger partial charge < -0.3 is 15.0 Å². The quantitative estimate of drug-likeness (QED) is 0.810. The Balaban J connectivity index is 1.89. The fraction of sp³-hybridized carbons (Fsp3) is 0.857. The van der Waals surface area contributed by atoms with Crippen molar-refractivity contribution in [1.82, 2.24) is 10.2 Å². The summed E-state index contributed by atoms with van der Waals surface area (Å²) in [5.74, 6) is -3.90. The normalized spacial score (nSPS) is 21.8. The third-order valence-electron chi connectivity index (χ3n) is 4.41. The molecule has 1 N–H and O–H groups in total. The van der Waals surface area contributed by atoms with E-state index in [0.717, 1.165) is 20.0 Å². The Morgan fingerprint density at radius 3 is 2.29 bits per heavy atom. The summed E-state index contributed by atoms with van der Waals surface area (Å²) in [7, 11) is 1.12. The number of rotatable bonds is 4. The van der Waals surface area contributed by atoms with E-state index in [1.54, 1.807) is 4.90 Å². The number of carbonyl (C=O) groups is 2. The molecule has 1 unspecified atom stereocenters. The first-order valence-corrected chi connectivity index (χ1v) is 7.26. The van der Waals surface area contributed by atoms with Crippen LogP contribution in [-0.2, 0) is 9.53 Å². The molecule has 1 atom stereocenters. The fourth-order valence-corrected chi connectivity index (χ4v) is 2.80. The lowest BCUT2D eigenvalue weighted by Gasteiger charge is -2.33. The van der Waals surface area contributed by atoms with Gasteiger partial charge in [-0.3, -0.25) is 0 Å². The molecule has 1 saturated heterocycles. The summed E-state index contributed by atoms with van der Waals surface area (Å²) in [5.41, 5.74) is 0.426. The van der Waals surface area contributed by atoms with E-state index in [0.29, 0.717) is 25.4 Å². The second-order valence-corrected chi connectivity index (χ2v) is 6.29. The summed E-state index contributed by atoms with van der Waals surface area (Å²) in [4.78, 5) is 25.2. The van der Waals surface area contributed by atoms with E-state index in [2.05, 4.69) is 10.1 Å². The highest BCUT2D eigenvalue weighted by atomic mass is 19.3. The van der Waals surface area contributed by atoms with Crippen LogP contribution in [0.1, 0.15) is 39.0 Å². The largest absolute Gasteiger partial charge is 0.467 e. The molecule has 120 valence electrons. The molecule has 0 bridgehead atoms. The van der Waals surface area contributed by atoms with E-state index < -0.39 is 30.4 Å². The Kier molecular flexibility index (Phi) is 4.39. The van der Waals surface area contributed by atoms with Crippen LogP contribution in [0.2, 0.25) is 0 Å². The molecule has 2 amide bonds. The smallest absolute Gasteiger partial charge is 0.328 e. The molecule has 0 aromatic carbocycles. The van der Waals surface area contributed by atoms with Crippen molar-refractivity contribution < 1.29 is 23.1 Å². The molecule has 21 heavy (non-hydrogen) atoms. The minimum Gasteiger partial charge on any atom is -0.467 e. The number of carbonyl (C=O) groups excluding carboxylic acids is 2. The summed E-state index contributed by atoms with van der Waals surface area (Å²) in [5, 5.41) is 2.37. The second kappa shape index (κ2) is 5.77. The number of nitrogens with zero attached hydrogens (tertiary/aromatic N) is 1. The summed E-state index contributed by atoms with van der Waals surface area (Å²) < 4.78 is 30.7. The molecule has 2 rings (SSSR count). The van der Waals surface area contributed by atoms with Crippen LogP contribution in [0.25, 0.3) is 0 Å². The van der Waals surface area contributed by atoms with E-state index in [1.807, 2.05) is 0 Å². The number of hydrogen-bond acceptors (Lipinski definition) is 3. The van der Waals surface area contributed by atoms with Crippen molar-refractivity contribution in [3.8, 4) is 0 Å². The second-order valence-electron chi connectivity index (χ2n) is 6.29. The lowest BCUT2D eigenvalue weighted by Crippen LogP contribution is -2.51. The summed E-state index contributed by atoms with van der Waals surface area (Å²) in [6.07, 6.45) is 3.58. The van der Waals surface area contributed by atoms with Crippen molar-refractivity contribution in [3.05, 3.63) is 0 Å². The van der Waals surface area contributed by atoms with Crippen LogP contribution in [-0.4, -0.2) is 49.1 Å². The number of urea groups is 1. The van der Waals surface area contributed by atoms with Crippen LogP contribution < -0.4 is 5.32 Å². The topological polar surface area (TPSA) is 58.6 Å². The number of hydrogen-bond donors (Lipinski definition) is 1. The Morgan fingerprint density at radius 2 is 1.86 bits per heavy atom. The zero-order valence-corrected chi connectivity index (χ0v) is 12.5. The highest BCUT2D eigenvalue weighted by Crippen LogP contribution is 2.53. The monoisotopic (exact) mass is 304 g/mol. The number of halogens is 2. The zero-order valence-electron chi connectivity index (χ0n) is 12.5. The molecule has 0 radical (unpaired) electrons.